The fourth-order valence-corrected chi connectivity index (χ4v) is 3.95. The van der Waals surface area contributed by atoms with Crippen LogP contribution >= 0.6 is 23.4 Å². The average Bonchev–Trinajstić information content (AvgIpc) is 3.20. The van der Waals surface area contributed by atoms with Crippen molar-refractivity contribution in [1.82, 2.24) is 4.72 Å². The monoisotopic (exact) mass is 353 g/mol. The molecule has 0 aromatic heterocycles. The molecule has 0 amide bonds. The van der Waals surface area contributed by atoms with Crippen molar-refractivity contribution in [3.63, 3.8) is 0 Å². The number of hydrogen-bond donors (Lipinski definition) is 2. The van der Waals surface area contributed by atoms with Gasteiger partial charge in [0.05, 0.1) is 15.5 Å². The van der Waals surface area contributed by atoms with E-state index in [0.29, 0.717) is 0 Å². The van der Waals surface area contributed by atoms with E-state index < -0.39 is 37.3 Å². The van der Waals surface area contributed by atoms with Gasteiger partial charge in [0.25, 0.3) is 0 Å². The lowest BCUT2D eigenvalue weighted by Gasteiger charge is -2.14. The first kappa shape index (κ1) is 16.5. The molecule has 1 aromatic rings. The number of nitrogens with one attached hydrogen (secondary N) is 1. The second-order valence-electron chi connectivity index (χ2n) is 4.78. The molecule has 0 saturated heterocycles. The number of aromatic carboxylic acids is 1. The van der Waals surface area contributed by atoms with E-state index in [-0.39, 0.29) is 11.3 Å². The third-order valence-corrected chi connectivity index (χ3v) is 6.55. The maximum atomic E-state index is 13.6. The molecule has 0 spiro atoms. The molecule has 1 aromatic carbocycles. The summed E-state index contributed by atoms with van der Waals surface area (Å²) in [6, 6.07) is 1.57. The molecule has 1 aliphatic carbocycles. The zero-order chi connectivity index (χ0) is 15.8. The number of thioether (sulfide) groups is 1. The Hall–Kier alpha value is -0.830. The van der Waals surface area contributed by atoms with Crippen molar-refractivity contribution in [2.75, 3.05) is 12.8 Å². The number of rotatable bonds is 6. The van der Waals surface area contributed by atoms with Crippen LogP contribution < -0.4 is 4.72 Å². The Kier molecular flexibility index (Phi) is 4.53. The van der Waals surface area contributed by atoms with Gasteiger partial charge in [0.15, 0.2) is 0 Å². The minimum absolute atomic E-state index is 0.104. The summed E-state index contributed by atoms with van der Waals surface area (Å²) in [5, 5.41) is 8.31. The van der Waals surface area contributed by atoms with Crippen LogP contribution in [-0.4, -0.2) is 37.0 Å². The standard InChI is InChI=1S/C12H13ClFNO4S2/c1-20-12(2-3-12)6-15-21(18,19)7-4-8(11(16)17)10(13)9(14)5-7/h4-5,15H,2-3,6H2,1H3,(H,16,17). The largest absolute Gasteiger partial charge is 0.478 e. The number of carboxylic acid groups (broad SMARTS) is 1. The summed E-state index contributed by atoms with van der Waals surface area (Å²) in [4.78, 5) is 10.5. The number of hydrogen-bond acceptors (Lipinski definition) is 4. The van der Waals surface area contributed by atoms with Crippen molar-refractivity contribution < 1.29 is 22.7 Å². The first-order valence-corrected chi connectivity index (χ1v) is 9.06. The summed E-state index contributed by atoms with van der Waals surface area (Å²) < 4.78 is 40.2. The summed E-state index contributed by atoms with van der Waals surface area (Å²) in [5.41, 5.74) is -0.581. The van der Waals surface area contributed by atoms with Crippen molar-refractivity contribution in [1.29, 1.82) is 0 Å². The van der Waals surface area contributed by atoms with Crippen LogP contribution in [0.3, 0.4) is 0 Å². The lowest BCUT2D eigenvalue weighted by Crippen LogP contribution is -2.32. The minimum atomic E-state index is -3.98. The molecule has 5 nitrogen and oxygen atoms in total. The molecular formula is C12H13ClFNO4S2. The van der Waals surface area contributed by atoms with Gasteiger partial charge in [-0.3, -0.25) is 0 Å². The fraction of sp³-hybridized carbons (Fsp3) is 0.417. The van der Waals surface area contributed by atoms with Crippen LogP contribution in [0.2, 0.25) is 5.02 Å². The van der Waals surface area contributed by atoms with Crippen molar-refractivity contribution in [2.24, 2.45) is 0 Å². The number of carbonyl (C=O) groups is 1. The lowest BCUT2D eigenvalue weighted by molar-refractivity contribution is 0.0696. The van der Waals surface area contributed by atoms with Crippen LogP contribution in [0.15, 0.2) is 17.0 Å². The molecule has 2 N–H and O–H groups in total. The predicted octanol–water partition coefficient (Wildman–Crippen LogP) is 2.35. The average molecular weight is 354 g/mol. The molecule has 2 rings (SSSR count). The predicted molar refractivity (Wildman–Crippen MR) is 79.0 cm³/mol. The van der Waals surface area contributed by atoms with Gasteiger partial charge in [-0.1, -0.05) is 11.6 Å². The molecular weight excluding hydrogens is 341 g/mol. The number of sulfonamides is 1. The third kappa shape index (κ3) is 3.50. The van der Waals surface area contributed by atoms with Gasteiger partial charge in [0.1, 0.15) is 5.82 Å². The lowest BCUT2D eigenvalue weighted by atomic mass is 10.2. The van der Waals surface area contributed by atoms with E-state index in [2.05, 4.69) is 4.72 Å². The van der Waals surface area contributed by atoms with Crippen LogP contribution in [0.1, 0.15) is 23.2 Å². The molecule has 116 valence electrons. The Bertz CT molecular complexity index is 689. The van der Waals surface area contributed by atoms with Crippen molar-refractivity contribution in [3.05, 3.63) is 28.5 Å². The molecule has 0 atom stereocenters. The Balaban J connectivity index is 2.30. The molecule has 0 bridgehead atoms. The SMILES string of the molecule is CSC1(CNS(=O)(=O)c2cc(F)c(Cl)c(C(=O)O)c2)CC1. The van der Waals surface area contributed by atoms with Crippen LogP contribution in [0.25, 0.3) is 0 Å². The van der Waals surface area contributed by atoms with Crippen LogP contribution in [0, 0.1) is 5.82 Å². The number of halogens is 2. The molecule has 0 radical (unpaired) electrons. The highest BCUT2D eigenvalue weighted by molar-refractivity contribution is 8.00. The van der Waals surface area contributed by atoms with E-state index >= 15 is 0 Å². The van der Waals surface area contributed by atoms with Gasteiger partial charge in [0.2, 0.25) is 10.0 Å². The summed E-state index contributed by atoms with van der Waals surface area (Å²) in [5.74, 6) is -2.57. The van der Waals surface area contributed by atoms with Gasteiger partial charge >= 0.3 is 5.97 Å². The summed E-state index contributed by atoms with van der Waals surface area (Å²) in [6.07, 6.45) is 3.71. The zero-order valence-corrected chi connectivity index (χ0v) is 13.4. The van der Waals surface area contributed by atoms with Gasteiger partial charge in [-0.25, -0.2) is 22.3 Å². The zero-order valence-electron chi connectivity index (χ0n) is 11.0. The van der Waals surface area contributed by atoms with Crippen molar-refractivity contribution in [3.8, 4) is 0 Å². The normalized spacial score (nSPS) is 16.7. The van der Waals surface area contributed by atoms with E-state index in [1.807, 2.05) is 6.26 Å². The summed E-state index contributed by atoms with van der Waals surface area (Å²) in [6.45, 7) is 0.225. The van der Waals surface area contributed by atoms with E-state index in [1.165, 1.54) is 0 Å². The van der Waals surface area contributed by atoms with E-state index in [4.69, 9.17) is 16.7 Å². The molecule has 0 heterocycles. The van der Waals surface area contributed by atoms with Crippen LogP contribution in [0.5, 0.6) is 0 Å². The van der Waals surface area contributed by atoms with Crippen LogP contribution in [0.4, 0.5) is 4.39 Å². The highest BCUT2D eigenvalue weighted by Crippen LogP contribution is 2.46. The second-order valence-corrected chi connectivity index (χ2v) is 8.20. The van der Waals surface area contributed by atoms with Crippen LogP contribution in [-0.2, 0) is 10.0 Å². The topological polar surface area (TPSA) is 83.5 Å². The molecule has 21 heavy (non-hydrogen) atoms. The van der Waals surface area contributed by atoms with Gasteiger partial charge in [-0.2, -0.15) is 11.8 Å². The Morgan fingerprint density at radius 3 is 2.62 bits per heavy atom. The number of carboxylic acids is 1. The molecule has 1 fully saturated rings. The van der Waals surface area contributed by atoms with Crippen molar-refractivity contribution >= 4 is 39.4 Å². The Labute approximate surface area is 130 Å². The smallest absolute Gasteiger partial charge is 0.337 e. The quantitative estimate of drug-likeness (QED) is 0.820. The van der Waals surface area contributed by atoms with Gasteiger partial charge in [-0.15, -0.1) is 0 Å². The van der Waals surface area contributed by atoms with Gasteiger partial charge in [-0.05, 0) is 31.2 Å². The van der Waals surface area contributed by atoms with Gasteiger partial charge < -0.3 is 5.11 Å². The Morgan fingerprint density at radius 1 is 1.52 bits per heavy atom. The van der Waals surface area contributed by atoms with E-state index in [9.17, 15) is 17.6 Å². The Morgan fingerprint density at radius 2 is 2.14 bits per heavy atom. The molecule has 0 aliphatic heterocycles. The maximum absolute atomic E-state index is 13.6. The summed E-state index contributed by atoms with van der Waals surface area (Å²) >= 11 is 7.09. The van der Waals surface area contributed by atoms with E-state index in [1.54, 1.807) is 11.8 Å². The molecule has 0 unspecified atom stereocenters. The fourth-order valence-electron chi connectivity index (χ4n) is 1.78. The third-order valence-electron chi connectivity index (χ3n) is 3.37. The highest BCUT2D eigenvalue weighted by Gasteiger charge is 2.42. The molecule has 1 saturated carbocycles. The first-order chi connectivity index (χ1) is 9.71. The van der Waals surface area contributed by atoms with Gasteiger partial charge in [0, 0.05) is 11.3 Å². The first-order valence-electron chi connectivity index (χ1n) is 5.98. The molecule has 9 heteroatoms. The maximum Gasteiger partial charge on any atom is 0.337 e. The highest BCUT2D eigenvalue weighted by atomic mass is 35.5. The second kappa shape index (κ2) is 5.75. The molecule has 1 aliphatic rings. The summed E-state index contributed by atoms with van der Waals surface area (Å²) in [7, 11) is -3.98. The minimum Gasteiger partial charge on any atom is -0.478 e. The van der Waals surface area contributed by atoms with Crippen molar-refractivity contribution in [2.45, 2.75) is 22.5 Å². The van der Waals surface area contributed by atoms with E-state index in [0.717, 1.165) is 25.0 Å². The number of benzene rings is 1.